The number of thioether (sulfide) groups is 1. The third kappa shape index (κ3) is 3.53. The molecule has 0 saturated heterocycles. The van der Waals surface area contributed by atoms with Gasteiger partial charge in [-0.3, -0.25) is 0 Å². The molecule has 88 valence electrons. The smallest absolute Gasteiger partial charge is 0.0178 e. The van der Waals surface area contributed by atoms with Crippen LogP contribution in [-0.2, 0) is 6.54 Å². The molecule has 0 bridgehead atoms. The Labute approximate surface area is 103 Å². The third-order valence-corrected chi connectivity index (χ3v) is 4.57. The summed E-state index contributed by atoms with van der Waals surface area (Å²) >= 11 is 2.05. The zero-order valence-electron chi connectivity index (χ0n) is 9.82. The molecule has 16 heavy (non-hydrogen) atoms. The fourth-order valence-corrected chi connectivity index (χ4v) is 3.63. The molecule has 1 aromatic rings. The Kier molecular flexibility index (Phi) is 4.73. The summed E-state index contributed by atoms with van der Waals surface area (Å²) in [5, 5.41) is 0.829. The van der Waals surface area contributed by atoms with E-state index in [1.807, 2.05) is 0 Å². The van der Waals surface area contributed by atoms with E-state index in [-0.39, 0.29) is 0 Å². The van der Waals surface area contributed by atoms with Gasteiger partial charge in [-0.15, -0.1) is 11.8 Å². The van der Waals surface area contributed by atoms with Gasteiger partial charge in [0.15, 0.2) is 0 Å². The maximum atomic E-state index is 5.67. The van der Waals surface area contributed by atoms with Crippen molar-refractivity contribution in [2.45, 2.75) is 55.2 Å². The molecule has 1 aromatic carbocycles. The molecule has 1 fully saturated rings. The molecule has 2 N–H and O–H groups in total. The minimum atomic E-state index is 0.652. The van der Waals surface area contributed by atoms with Crippen LogP contribution in [0.3, 0.4) is 0 Å². The van der Waals surface area contributed by atoms with Crippen LogP contribution in [-0.4, -0.2) is 5.25 Å². The number of hydrogen-bond donors (Lipinski definition) is 1. The van der Waals surface area contributed by atoms with Crippen molar-refractivity contribution in [1.82, 2.24) is 0 Å². The van der Waals surface area contributed by atoms with E-state index in [9.17, 15) is 0 Å². The quantitative estimate of drug-likeness (QED) is 0.803. The lowest BCUT2D eigenvalue weighted by Gasteiger charge is -2.13. The summed E-state index contributed by atoms with van der Waals surface area (Å²) in [6, 6.07) is 8.70. The van der Waals surface area contributed by atoms with E-state index >= 15 is 0 Å². The molecule has 2 rings (SSSR count). The molecule has 0 unspecified atom stereocenters. The van der Waals surface area contributed by atoms with Crippen LogP contribution >= 0.6 is 11.8 Å². The van der Waals surface area contributed by atoms with Gasteiger partial charge in [0.25, 0.3) is 0 Å². The summed E-state index contributed by atoms with van der Waals surface area (Å²) in [6.07, 6.45) is 8.46. The summed E-state index contributed by atoms with van der Waals surface area (Å²) in [4.78, 5) is 1.40. The highest BCUT2D eigenvalue weighted by atomic mass is 32.2. The molecule has 0 atom stereocenters. The fourth-order valence-electron chi connectivity index (χ4n) is 2.30. The lowest BCUT2D eigenvalue weighted by atomic mass is 10.2. The van der Waals surface area contributed by atoms with Crippen molar-refractivity contribution in [1.29, 1.82) is 0 Å². The maximum Gasteiger partial charge on any atom is 0.0178 e. The Hall–Kier alpha value is -0.470. The van der Waals surface area contributed by atoms with Crippen molar-refractivity contribution in [3.05, 3.63) is 29.8 Å². The summed E-state index contributed by atoms with van der Waals surface area (Å²) < 4.78 is 0. The molecule has 1 nitrogen and oxygen atoms in total. The third-order valence-electron chi connectivity index (χ3n) is 3.24. The topological polar surface area (TPSA) is 26.0 Å². The van der Waals surface area contributed by atoms with Gasteiger partial charge in [0.2, 0.25) is 0 Å². The van der Waals surface area contributed by atoms with Crippen molar-refractivity contribution >= 4 is 11.8 Å². The van der Waals surface area contributed by atoms with Crippen LogP contribution in [0.15, 0.2) is 29.2 Å². The number of nitrogens with two attached hydrogens (primary N) is 1. The highest BCUT2D eigenvalue weighted by Gasteiger charge is 2.13. The molecular weight excluding hydrogens is 214 g/mol. The highest BCUT2D eigenvalue weighted by molar-refractivity contribution is 8.00. The molecule has 0 amide bonds. The predicted molar refractivity (Wildman–Crippen MR) is 71.7 cm³/mol. The lowest BCUT2D eigenvalue weighted by molar-refractivity contribution is 0.702. The average molecular weight is 235 g/mol. The minimum absolute atomic E-state index is 0.652. The van der Waals surface area contributed by atoms with E-state index in [1.54, 1.807) is 0 Å². The van der Waals surface area contributed by atoms with Crippen molar-refractivity contribution < 1.29 is 0 Å². The van der Waals surface area contributed by atoms with Gasteiger partial charge >= 0.3 is 0 Å². The average Bonchev–Trinajstić information content (AvgIpc) is 2.58. The van der Waals surface area contributed by atoms with Gasteiger partial charge in [0.05, 0.1) is 0 Å². The largest absolute Gasteiger partial charge is 0.326 e. The normalized spacial score (nSPS) is 18.3. The first kappa shape index (κ1) is 12.0. The molecular formula is C14H21NS. The molecule has 0 aromatic heterocycles. The van der Waals surface area contributed by atoms with E-state index in [2.05, 4.69) is 36.0 Å². The van der Waals surface area contributed by atoms with E-state index in [1.165, 1.54) is 49.0 Å². The second-order valence-corrected chi connectivity index (χ2v) is 5.96. The van der Waals surface area contributed by atoms with Crippen LogP contribution in [0.4, 0.5) is 0 Å². The van der Waals surface area contributed by atoms with Crippen LogP contribution in [0.1, 0.15) is 44.1 Å². The monoisotopic (exact) mass is 235 g/mol. The Morgan fingerprint density at radius 1 is 1.12 bits per heavy atom. The summed E-state index contributed by atoms with van der Waals surface area (Å²) in [6.45, 7) is 0.652. The molecule has 0 heterocycles. The van der Waals surface area contributed by atoms with E-state index in [4.69, 9.17) is 5.73 Å². The second-order valence-electron chi connectivity index (χ2n) is 4.58. The Morgan fingerprint density at radius 2 is 1.88 bits per heavy atom. The van der Waals surface area contributed by atoms with Gasteiger partial charge in [-0.1, -0.05) is 37.8 Å². The Bertz CT molecular complexity index is 316. The maximum absolute atomic E-state index is 5.67. The molecule has 1 aliphatic carbocycles. The van der Waals surface area contributed by atoms with E-state index < -0.39 is 0 Å². The number of rotatable bonds is 3. The molecule has 0 aliphatic heterocycles. The van der Waals surface area contributed by atoms with Crippen LogP contribution in [0.5, 0.6) is 0 Å². The molecule has 2 heteroatoms. The van der Waals surface area contributed by atoms with Crippen molar-refractivity contribution in [3.63, 3.8) is 0 Å². The summed E-state index contributed by atoms with van der Waals surface area (Å²) in [5.74, 6) is 0. The standard InChI is InChI=1S/C14H21NS/c15-11-12-6-5-9-14(10-12)16-13-7-3-1-2-4-8-13/h5-6,9-10,13H,1-4,7-8,11,15H2. The molecule has 0 spiro atoms. The van der Waals surface area contributed by atoms with Crippen LogP contribution in [0.25, 0.3) is 0 Å². The molecule has 1 aliphatic rings. The van der Waals surface area contributed by atoms with Crippen LogP contribution in [0, 0.1) is 0 Å². The predicted octanol–water partition coefficient (Wildman–Crippen LogP) is 3.96. The van der Waals surface area contributed by atoms with Gasteiger partial charge in [-0.05, 0) is 30.5 Å². The van der Waals surface area contributed by atoms with Crippen molar-refractivity contribution in [3.8, 4) is 0 Å². The first-order valence-electron chi connectivity index (χ1n) is 6.34. The highest BCUT2D eigenvalue weighted by Crippen LogP contribution is 2.32. The van der Waals surface area contributed by atoms with E-state index in [0.29, 0.717) is 6.54 Å². The minimum Gasteiger partial charge on any atom is -0.326 e. The van der Waals surface area contributed by atoms with Gasteiger partial charge in [0.1, 0.15) is 0 Å². The zero-order chi connectivity index (χ0) is 11.2. The molecule has 1 saturated carbocycles. The number of benzene rings is 1. The molecule has 0 radical (unpaired) electrons. The fraction of sp³-hybridized carbons (Fsp3) is 0.571. The number of hydrogen-bond acceptors (Lipinski definition) is 2. The Morgan fingerprint density at radius 3 is 2.56 bits per heavy atom. The lowest BCUT2D eigenvalue weighted by Crippen LogP contribution is -2.00. The van der Waals surface area contributed by atoms with Crippen LogP contribution < -0.4 is 5.73 Å². The van der Waals surface area contributed by atoms with Gasteiger partial charge in [0, 0.05) is 16.7 Å². The van der Waals surface area contributed by atoms with Crippen molar-refractivity contribution in [2.75, 3.05) is 0 Å². The van der Waals surface area contributed by atoms with Gasteiger partial charge in [-0.25, -0.2) is 0 Å². The SMILES string of the molecule is NCc1cccc(SC2CCCCCC2)c1. The summed E-state index contributed by atoms with van der Waals surface area (Å²) in [5.41, 5.74) is 6.92. The summed E-state index contributed by atoms with van der Waals surface area (Å²) in [7, 11) is 0. The Balaban J connectivity index is 1.96. The van der Waals surface area contributed by atoms with Gasteiger partial charge < -0.3 is 5.73 Å². The first-order chi connectivity index (χ1) is 7.88. The van der Waals surface area contributed by atoms with E-state index in [0.717, 1.165) is 5.25 Å². The zero-order valence-corrected chi connectivity index (χ0v) is 10.6. The first-order valence-corrected chi connectivity index (χ1v) is 7.22. The van der Waals surface area contributed by atoms with Gasteiger partial charge in [-0.2, -0.15) is 0 Å². The second kappa shape index (κ2) is 6.31. The van der Waals surface area contributed by atoms with Crippen LogP contribution in [0.2, 0.25) is 0 Å². The van der Waals surface area contributed by atoms with Crippen molar-refractivity contribution in [2.24, 2.45) is 5.73 Å².